The Bertz CT molecular complexity index is 802. The molecule has 0 unspecified atom stereocenters. The Hall–Kier alpha value is -2.04. The van der Waals surface area contributed by atoms with Crippen LogP contribution in [0.3, 0.4) is 0 Å². The van der Waals surface area contributed by atoms with Crippen LogP contribution in [-0.4, -0.2) is 10.2 Å². The maximum Gasteiger partial charge on any atom is 0.254 e. The first-order valence-electron chi connectivity index (χ1n) is 6.60. The summed E-state index contributed by atoms with van der Waals surface area (Å²) in [5.74, 6) is 1.46. The highest BCUT2D eigenvalue weighted by atomic mass is 35.5. The highest BCUT2D eigenvalue weighted by Gasteiger charge is 2.11. The van der Waals surface area contributed by atoms with Crippen LogP contribution in [0.5, 0.6) is 5.75 Å². The molecule has 2 aromatic carbocycles. The highest BCUT2D eigenvalue weighted by Crippen LogP contribution is 2.27. The number of hydrogen-bond donors (Lipinski definition) is 0. The largest absolute Gasteiger partial charge is 0.484 e. The van der Waals surface area contributed by atoms with Crippen molar-refractivity contribution in [2.75, 3.05) is 0 Å². The zero-order valence-corrected chi connectivity index (χ0v) is 13.2. The molecule has 0 saturated heterocycles. The molecule has 6 heteroatoms. The molecule has 4 nitrogen and oxygen atoms in total. The van der Waals surface area contributed by atoms with Crippen LogP contribution in [0.2, 0.25) is 10.0 Å². The molecule has 0 atom stereocenters. The summed E-state index contributed by atoms with van der Waals surface area (Å²) in [5.41, 5.74) is 1.99. The van der Waals surface area contributed by atoms with Crippen molar-refractivity contribution in [3.05, 3.63) is 64.0 Å². The second kappa shape index (κ2) is 6.38. The number of aromatic nitrogens is 2. The first kappa shape index (κ1) is 14.9. The number of benzene rings is 2. The van der Waals surface area contributed by atoms with E-state index in [0.717, 1.165) is 11.1 Å². The molecule has 3 aromatic rings. The Kier molecular flexibility index (Phi) is 4.32. The van der Waals surface area contributed by atoms with E-state index in [4.69, 9.17) is 32.4 Å². The maximum atomic E-state index is 5.93. The molecule has 0 aliphatic rings. The van der Waals surface area contributed by atoms with Gasteiger partial charge in [-0.05, 0) is 30.7 Å². The standard InChI is InChI=1S/C16H12Cl2N2O2/c1-10-4-2-3-5-12(10)16-20-19-15(22-16)9-21-11-6-7-13(17)14(18)8-11/h2-8H,9H2,1H3. The van der Waals surface area contributed by atoms with Crippen LogP contribution >= 0.6 is 23.2 Å². The molecule has 0 aliphatic carbocycles. The Labute approximate surface area is 137 Å². The first-order valence-corrected chi connectivity index (χ1v) is 7.35. The number of halogens is 2. The molecule has 0 saturated carbocycles. The van der Waals surface area contributed by atoms with E-state index >= 15 is 0 Å². The van der Waals surface area contributed by atoms with Crippen LogP contribution in [0, 0.1) is 6.92 Å². The third-order valence-corrected chi connectivity index (χ3v) is 3.83. The molecule has 3 rings (SSSR count). The average molecular weight is 335 g/mol. The van der Waals surface area contributed by atoms with Crippen molar-refractivity contribution < 1.29 is 9.15 Å². The maximum absolute atomic E-state index is 5.93. The van der Waals surface area contributed by atoms with Crippen LogP contribution in [0.25, 0.3) is 11.5 Å². The monoisotopic (exact) mass is 334 g/mol. The van der Waals surface area contributed by atoms with Crippen molar-refractivity contribution in [1.29, 1.82) is 0 Å². The van der Waals surface area contributed by atoms with Crippen LogP contribution in [0.4, 0.5) is 0 Å². The molecule has 0 aliphatic heterocycles. The molecule has 0 bridgehead atoms. The van der Waals surface area contributed by atoms with Crippen LogP contribution in [-0.2, 0) is 6.61 Å². The van der Waals surface area contributed by atoms with Crippen LogP contribution < -0.4 is 4.74 Å². The molecule has 112 valence electrons. The third-order valence-electron chi connectivity index (χ3n) is 3.10. The number of nitrogens with zero attached hydrogens (tertiary/aromatic N) is 2. The topological polar surface area (TPSA) is 48.2 Å². The molecule has 0 amide bonds. The van der Waals surface area contributed by atoms with E-state index in [2.05, 4.69) is 10.2 Å². The Morgan fingerprint density at radius 2 is 1.86 bits per heavy atom. The van der Waals surface area contributed by atoms with Gasteiger partial charge in [-0.25, -0.2) is 0 Å². The third kappa shape index (κ3) is 3.24. The number of ether oxygens (including phenoxy) is 1. The van der Waals surface area contributed by atoms with Crippen molar-refractivity contribution >= 4 is 23.2 Å². The molecular weight excluding hydrogens is 323 g/mol. The van der Waals surface area contributed by atoms with Crippen molar-refractivity contribution in [2.24, 2.45) is 0 Å². The van der Waals surface area contributed by atoms with Gasteiger partial charge in [-0.15, -0.1) is 10.2 Å². The summed E-state index contributed by atoms with van der Waals surface area (Å²) in [6.07, 6.45) is 0. The van der Waals surface area contributed by atoms with E-state index in [1.165, 1.54) is 0 Å². The van der Waals surface area contributed by atoms with Gasteiger partial charge in [0.2, 0.25) is 5.89 Å². The van der Waals surface area contributed by atoms with E-state index in [9.17, 15) is 0 Å². The molecule has 1 aromatic heterocycles. The molecule has 0 spiro atoms. The summed E-state index contributed by atoms with van der Waals surface area (Å²) in [4.78, 5) is 0. The minimum absolute atomic E-state index is 0.164. The zero-order chi connectivity index (χ0) is 15.5. The van der Waals surface area contributed by atoms with Gasteiger partial charge in [-0.2, -0.15) is 0 Å². The van der Waals surface area contributed by atoms with Gasteiger partial charge < -0.3 is 9.15 Å². The lowest BCUT2D eigenvalue weighted by Gasteiger charge is -2.04. The smallest absolute Gasteiger partial charge is 0.254 e. The summed E-state index contributed by atoms with van der Waals surface area (Å²) in [7, 11) is 0. The van der Waals surface area contributed by atoms with Gasteiger partial charge in [0.05, 0.1) is 10.0 Å². The number of aryl methyl sites for hydroxylation is 1. The van der Waals surface area contributed by atoms with E-state index < -0.39 is 0 Å². The Morgan fingerprint density at radius 1 is 1.05 bits per heavy atom. The summed E-state index contributed by atoms with van der Waals surface area (Å²) >= 11 is 11.8. The number of rotatable bonds is 4. The lowest BCUT2D eigenvalue weighted by Crippen LogP contribution is -1.95. The normalized spacial score (nSPS) is 10.7. The Morgan fingerprint density at radius 3 is 2.64 bits per heavy atom. The highest BCUT2D eigenvalue weighted by molar-refractivity contribution is 6.42. The van der Waals surface area contributed by atoms with Crippen molar-refractivity contribution in [1.82, 2.24) is 10.2 Å². The minimum Gasteiger partial charge on any atom is -0.484 e. The SMILES string of the molecule is Cc1ccccc1-c1nnc(COc2ccc(Cl)c(Cl)c2)o1. The first-order chi connectivity index (χ1) is 10.6. The minimum atomic E-state index is 0.164. The van der Waals surface area contributed by atoms with E-state index in [0.29, 0.717) is 27.6 Å². The molecule has 0 radical (unpaired) electrons. The lowest BCUT2D eigenvalue weighted by atomic mass is 10.1. The average Bonchev–Trinajstić information content (AvgIpc) is 2.98. The molecular formula is C16H12Cl2N2O2. The predicted molar refractivity (Wildman–Crippen MR) is 85.3 cm³/mol. The fourth-order valence-corrected chi connectivity index (χ4v) is 2.23. The fraction of sp³-hybridized carbons (Fsp3) is 0.125. The van der Waals surface area contributed by atoms with Crippen LogP contribution in [0.1, 0.15) is 11.5 Å². The van der Waals surface area contributed by atoms with E-state index in [1.807, 2.05) is 31.2 Å². The Balaban J connectivity index is 1.72. The second-order valence-corrected chi connectivity index (χ2v) is 5.49. The van der Waals surface area contributed by atoms with Gasteiger partial charge in [0.1, 0.15) is 5.75 Å². The van der Waals surface area contributed by atoms with Gasteiger partial charge in [0.15, 0.2) is 6.61 Å². The quantitative estimate of drug-likeness (QED) is 0.678. The molecule has 1 heterocycles. The fourth-order valence-electron chi connectivity index (χ4n) is 1.95. The lowest BCUT2D eigenvalue weighted by molar-refractivity contribution is 0.264. The summed E-state index contributed by atoms with van der Waals surface area (Å²) in [6, 6.07) is 12.9. The van der Waals surface area contributed by atoms with Gasteiger partial charge in [0, 0.05) is 11.6 Å². The summed E-state index contributed by atoms with van der Waals surface area (Å²) in [6.45, 7) is 2.16. The van der Waals surface area contributed by atoms with Crippen molar-refractivity contribution in [3.63, 3.8) is 0 Å². The van der Waals surface area contributed by atoms with Crippen LogP contribution in [0.15, 0.2) is 46.9 Å². The zero-order valence-electron chi connectivity index (χ0n) is 11.7. The summed E-state index contributed by atoms with van der Waals surface area (Å²) < 4.78 is 11.2. The van der Waals surface area contributed by atoms with Gasteiger partial charge in [0.25, 0.3) is 5.89 Å². The van der Waals surface area contributed by atoms with Gasteiger partial charge in [-0.1, -0.05) is 41.4 Å². The van der Waals surface area contributed by atoms with Gasteiger partial charge in [-0.3, -0.25) is 0 Å². The van der Waals surface area contributed by atoms with Gasteiger partial charge >= 0.3 is 0 Å². The molecule has 0 N–H and O–H groups in total. The van der Waals surface area contributed by atoms with E-state index in [1.54, 1.807) is 18.2 Å². The summed E-state index contributed by atoms with van der Waals surface area (Å²) in [5, 5.41) is 8.95. The molecule has 0 fully saturated rings. The number of hydrogen-bond acceptors (Lipinski definition) is 4. The second-order valence-electron chi connectivity index (χ2n) is 4.68. The van der Waals surface area contributed by atoms with E-state index in [-0.39, 0.29) is 6.61 Å². The van der Waals surface area contributed by atoms with Crippen molar-refractivity contribution in [2.45, 2.75) is 13.5 Å². The molecule has 22 heavy (non-hydrogen) atoms. The predicted octanol–water partition coefficient (Wildman–Crippen LogP) is 4.93. The van der Waals surface area contributed by atoms with Crippen molar-refractivity contribution in [3.8, 4) is 17.2 Å².